The molecule has 8 nitrogen and oxygen atoms in total. The maximum absolute atomic E-state index is 7.43. The summed E-state index contributed by atoms with van der Waals surface area (Å²) in [6, 6.07) is 10.7. The molecule has 0 aliphatic rings. The Labute approximate surface area is 163 Å². The highest BCUT2D eigenvalue weighted by Gasteiger charge is 2.11. The smallest absolute Gasteiger partial charge is 0.231 e. The molecule has 0 bridgehead atoms. The third-order valence-electron chi connectivity index (χ3n) is 3.87. The van der Waals surface area contributed by atoms with Crippen LogP contribution in [0.1, 0.15) is 11.3 Å². The van der Waals surface area contributed by atoms with E-state index in [-0.39, 0.29) is 0 Å². The number of ether oxygens (including phenoxy) is 1. The number of aryl methyl sites for hydroxylation is 2. The van der Waals surface area contributed by atoms with E-state index in [9.17, 15) is 0 Å². The average Bonchev–Trinajstić information content (AvgIpc) is 3.10. The van der Waals surface area contributed by atoms with Crippen molar-refractivity contribution in [1.29, 1.82) is 0 Å². The summed E-state index contributed by atoms with van der Waals surface area (Å²) in [6.07, 6.45) is 0. The Morgan fingerprint density at radius 3 is 2.68 bits per heavy atom. The number of hydrogen-bond donors (Lipinski definition) is 3. The summed E-state index contributed by atoms with van der Waals surface area (Å²) in [5, 5.41) is 13.3. The minimum Gasteiger partial charge on any atom is -0.493 e. The number of pyridine rings is 1. The number of aromatic amines is 1. The number of benzene rings is 1. The number of anilines is 3. The predicted molar refractivity (Wildman–Crippen MR) is 109 cm³/mol. The minimum atomic E-state index is 0.371. The Morgan fingerprint density at radius 2 is 1.96 bits per heavy atom. The largest absolute Gasteiger partial charge is 0.493 e. The van der Waals surface area contributed by atoms with Crippen LogP contribution in [0.5, 0.6) is 5.75 Å². The monoisotopic (exact) mass is 373 g/mol. The number of aromatic nitrogens is 3. The number of rotatable bonds is 7. The molecule has 2 aromatic heterocycles. The van der Waals surface area contributed by atoms with E-state index >= 15 is 0 Å². The van der Waals surface area contributed by atoms with Gasteiger partial charge in [0.1, 0.15) is 24.0 Å². The highest BCUT2D eigenvalue weighted by Crippen LogP contribution is 2.30. The molecule has 2 heterocycles. The van der Waals surface area contributed by atoms with Crippen LogP contribution in [0.2, 0.25) is 0 Å². The van der Waals surface area contributed by atoms with Gasteiger partial charge in [0, 0.05) is 18.3 Å². The van der Waals surface area contributed by atoms with Crippen LogP contribution in [-0.2, 0) is 0 Å². The lowest BCUT2D eigenvalue weighted by atomic mass is 10.2. The van der Waals surface area contributed by atoms with Crippen molar-refractivity contribution in [3.8, 4) is 5.75 Å². The van der Waals surface area contributed by atoms with Crippen LogP contribution in [-0.4, -0.2) is 28.3 Å². The molecule has 0 aliphatic carbocycles. The van der Waals surface area contributed by atoms with Crippen LogP contribution < -0.4 is 15.4 Å². The molecule has 0 saturated heterocycles. The van der Waals surface area contributed by atoms with Crippen molar-refractivity contribution < 1.29 is 4.74 Å². The maximum atomic E-state index is 7.43. The van der Waals surface area contributed by atoms with Crippen LogP contribution in [0.3, 0.4) is 0 Å². The molecule has 0 fully saturated rings. The van der Waals surface area contributed by atoms with Gasteiger partial charge in [0.25, 0.3) is 0 Å². The fourth-order valence-electron chi connectivity index (χ4n) is 2.59. The van der Waals surface area contributed by atoms with E-state index in [0.717, 1.165) is 11.3 Å². The van der Waals surface area contributed by atoms with Crippen LogP contribution in [0.15, 0.2) is 36.4 Å². The first-order valence-corrected chi connectivity index (χ1v) is 8.61. The summed E-state index contributed by atoms with van der Waals surface area (Å²) in [7, 11) is 0. The molecule has 0 saturated carbocycles. The zero-order valence-corrected chi connectivity index (χ0v) is 15.6. The van der Waals surface area contributed by atoms with Crippen molar-refractivity contribution in [2.45, 2.75) is 13.8 Å². The number of nitrogens with one attached hydrogen (secondary N) is 3. The molecule has 0 aliphatic heterocycles. The highest BCUT2D eigenvalue weighted by atomic mass is 16.5. The molecule has 140 valence electrons. The van der Waals surface area contributed by atoms with E-state index in [2.05, 4.69) is 35.5 Å². The Hall–Kier alpha value is -4.04. The summed E-state index contributed by atoms with van der Waals surface area (Å²) in [6.45, 7) is 19.1. The van der Waals surface area contributed by atoms with Crippen molar-refractivity contribution in [2.24, 2.45) is 0 Å². The quantitative estimate of drug-likeness (QED) is 0.411. The first-order chi connectivity index (χ1) is 13.6. The Balaban J connectivity index is 1.66. The Bertz CT molecular complexity index is 1060. The number of hydrogen-bond acceptors (Lipinski definition) is 5. The van der Waals surface area contributed by atoms with Gasteiger partial charge < -0.3 is 15.4 Å². The molecule has 0 radical (unpaired) electrons. The van der Waals surface area contributed by atoms with E-state index in [1.54, 1.807) is 24.3 Å². The van der Waals surface area contributed by atoms with Gasteiger partial charge in [-0.05, 0) is 37.6 Å². The maximum Gasteiger partial charge on any atom is 0.231 e. The topological polar surface area (TPSA) is 83.6 Å². The summed E-state index contributed by atoms with van der Waals surface area (Å²) >= 11 is 0. The van der Waals surface area contributed by atoms with Crippen LogP contribution in [0, 0.1) is 27.0 Å². The van der Waals surface area contributed by atoms with Gasteiger partial charge in [-0.15, -0.1) is 0 Å². The van der Waals surface area contributed by atoms with Gasteiger partial charge in [-0.3, -0.25) is 5.10 Å². The molecule has 0 amide bonds. The SMILES string of the molecule is [C-]#[N+]c1cccc(OCCNc2nc(Nc3cc(C)[nH]n3)cc(C)c2[N+]#[C-])c1. The fourth-order valence-corrected chi connectivity index (χ4v) is 2.59. The average molecular weight is 373 g/mol. The van der Waals surface area contributed by atoms with E-state index < -0.39 is 0 Å². The third-order valence-corrected chi connectivity index (χ3v) is 3.87. The van der Waals surface area contributed by atoms with Crippen molar-refractivity contribution in [1.82, 2.24) is 15.2 Å². The molecular formula is C20H19N7O. The molecule has 3 rings (SSSR count). The van der Waals surface area contributed by atoms with Gasteiger partial charge in [-0.25, -0.2) is 14.7 Å². The van der Waals surface area contributed by atoms with Gasteiger partial charge in [-0.2, -0.15) is 5.10 Å². The summed E-state index contributed by atoms with van der Waals surface area (Å²) in [5.41, 5.74) is 2.76. The fraction of sp³-hybridized carbons (Fsp3) is 0.200. The van der Waals surface area contributed by atoms with E-state index in [0.29, 0.717) is 47.7 Å². The van der Waals surface area contributed by atoms with Crippen LogP contribution in [0.25, 0.3) is 9.69 Å². The number of H-pyrrole nitrogens is 1. The van der Waals surface area contributed by atoms with Gasteiger partial charge >= 0.3 is 0 Å². The zero-order chi connectivity index (χ0) is 19.9. The normalized spacial score (nSPS) is 10.0. The molecule has 8 heteroatoms. The van der Waals surface area contributed by atoms with Crippen molar-refractivity contribution in [3.05, 3.63) is 70.5 Å². The van der Waals surface area contributed by atoms with Crippen molar-refractivity contribution in [2.75, 3.05) is 23.8 Å². The standard InChI is InChI=1S/C20H19N7O/c1-13-10-17(24-18-11-14(2)26-27-18)25-20(19(13)22-4)23-8-9-28-16-7-5-6-15(12-16)21-3/h5-7,10-12H,8-9H2,1-2H3,(H3,23,24,25,26,27). The molecule has 3 N–H and O–H groups in total. The second-order valence-corrected chi connectivity index (χ2v) is 6.08. The second-order valence-electron chi connectivity index (χ2n) is 6.08. The first-order valence-electron chi connectivity index (χ1n) is 8.61. The molecule has 3 aromatic rings. The van der Waals surface area contributed by atoms with E-state index in [4.69, 9.17) is 17.9 Å². The van der Waals surface area contributed by atoms with Gasteiger partial charge in [-0.1, -0.05) is 12.1 Å². The highest BCUT2D eigenvalue weighted by molar-refractivity contribution is 5.73. The lowest BCUT2D eigenvalue weighted by molar-refractivity contribution is 0.333. The van der Waals surface area contributed by atoms with E-state index in [1.165, 1.54) is 0 Å². The lowest BCUT2D eigenvalue weighted by Gasteiger charge is -2.13. The van der Waals surface area contributed by atoms with Gasteiger partial charge in [0.2, 0.25) is 5.69 Å². The van der Waals surface area contributed by atoms with Crippen LogP contribution in [0.4, 0.5) is 28.8 Å². The van der Waals surface area contributed by atoms with E-state index in [1.807, 2.05) is 26.0 Å². The van der Waals surface area contributed by atoms with Gasteiger partial charge in [0.15, 0.2) is 11.5 Å². The number of nitrogens with zero attached hydrogens (tertiary/aromatic N) is 4. The summed E-state index contributed by atoms with van der Waals surface area (Å²) < 4.78 is 5.66. The predicted octanol–water partition coefficient (Wildman–Crippen LogP) is 4.76. The molecular weight excluding hydrogens is 354 g/mol. The molecule has 0 spiro atoms. The van der Waals surface area contributed by atoms with Gasteiger partial charge in [0.05, 0.1) is 13.1 Å². The minimum absolute atomic E-state index is 0.371. The third kappa shape index (κ3) is 4.57. The molecule has 28 heavy (non-hydrogen) atoms. The Morgan fingerprint density at radius 1 is 1.11 bits per heavy atom. The molecule has 0 atom stereocenters. The lowest BCUT2D eigenvalue weighted by Crippen LogP contribution is -2.13. The summed E-state index contributed by atoms with van der Waals surface area (Å²) in [4.78, 5) is 11.5. The van der Waals surface area contributed by atoms with Crippen LogP contribution >= 0.6 is 0 Å². The summed E-state index contributed by atoms with van der Waals surface area (Å²) in [5.74, 6) is 2.39. The second kappa shape index (κ2) is 8.56. The Kier molecular flexibility index (Phi) is 5.73. The zero-order valence-electron chi connectivity index (χ0n) is 15.6. The van der Waals surface area contributed by atoms with Crippen molar-refractivity contribution >= 4 is 28.8 Å². The van der Waals surface area contributed by atoms with Crippen molar-refractivity contribution in [3.63, 3.8) is 0 Å². The first kappa shape index (κ1) is 18.7. The molecule has 1 aromatic carbocycles. The molecule has 0 unspecified atom stereocenters.